The molecular weight excluding hydrogens is 296 g/mol. The maximum atomic E-state index is 11.9. The van der Waals surface area contributed by atoms with Gasteiger partial charge in [0.15, 0.2) is 11.6 Å². The first-order valence-electron chi connectivity index (χ1n) is 6.56. The molecule has 3 heterocycles. The number of carbonyl (C=O) groups excluding carboxylic acids is 1. The van der Waals surface area contributed by atoms with Gasteiger partial charge in [-0.25, -0.2) is 4.68 Å². The Balaban J connectivity index is 1.76. The van der Waals surface area contributed by atoms with Gasteiger partial charge in [0, 0.05) is 12.0 Å². The van der Waals surface area contributed by atoms with E-state index < -0.39 is 6.29 Å². The van der Waals surface area contributed by atoms with Gasteiger partial charge in [0.2, 0.25) is 6.29 Å². The van der Waals surface area contributed by atoms with Gasteiger partial charge >= 0.3 is 0 Å². The Morgan fingerprint density at radius 2 is 2.19 bits per heavy atom. The summed E-state index contributed by atoms with van der Waals surface area (Å²) in [6.45, 7) is 0.364. The lowest BCUT2D eigenvalue weighted by Gasteiger charge is -2.26. The minimum Gasteiger partial charge on any atom is -0.343 e. The molecular formula is C13H11ClN4O3. The molecule has 2 aliphatic heterocycles. The highest BCUT2D eigenvalue weighted by atomic mass is 35.5. The molecule has 2 bridgehead atoms. The van der Waals surface area contributed by atoms with E-state index in [1.165, 1.54) is 0 Å². The number of hydrogen-bond acceptors (Lipinski definition) is 6. The molecule has 108 valence electrons. The predicted octanol–water partition coefficient (Wildman–Crippen LogP) is 1.25. The van der Waals surface area contributed by atoms with E-state index in [4.69, 9.17) is 21.1 Å². The molecule has 0 radical (unpaired) electrons. The molecule has 2 fully saturated rings. The van der Waals surface area contributed by atoms with E-state index in [-0.39, 0.29) is 24.3 Å². The van der Waals surface area contributed by atoms with Crippen LogP contribution in [0.25, 0.3) is 11.4 Å². The van der Waals surface area contributed by atoms with E-state index >= 15 is 0 Å². The van der Waals surface area contributed by atoms with Crippen molar-refractivity contribution < 1.29 is 14.3 Å². The Kier molecular flexibility index (Phi) is 2.99. The Morgan fingerprint density at radius 3 is 3.05 bits per heavy atom. The van der Waals surface area contributed by atoms with Gasteiger partial charge in [0.05, 0.1) is 17.7 Å². The van der Waals surface area contributed by atoms with Crippen LogP contribution in [0.4, 0.5) is 0 Å². The number of Topliss-reactive ketones (excluding diaryl/α,β-unsaturated/α-hetero) is 1. The van der Waals surface area contributed by atoms with Crippen LogP contribution >= 0.6 is 11.6 Å². The summed E-state index contributed by atoms with van der Waals surface area (Å²) in [4.78, 5) is 11.9. The number of ether oxygens (including phenoxy) is 2. The molecule has 0 aliphatic carbocycles. The van der Waals surface area contributed by atoms with Gasteiger partial charge in [0.1, 0.15) is 6.10 Å². The van der Waals surface area contributed by atoms with Crippen molar-refractivity contribution in [2.24, 2.45) is 0 Å². The molecule has 2 aliphatic rings. The van der Waals surface area contributed by atoms with E-state index in [1.54, 1.807) is 10.7 Å². The van der Waals surface area contributed by atoms with E-state index in [0.29, 0.717) is 17.5 Å². The minimum atomic E-state index is -0.730. The molecule has 3 atom stereocenters. The molecule has 0 saturated carbocycles. The lowest BCUT2D eigenvalue weighted by molar-refractivity contribution is -0.156. The van der Waals surface area contributed by atoms with Crippen LogP contribution in [0.5, 0.6) is 0 Å². The Labute approximate surface area is 124 Å². The zero-order chi connectivity index (χ0) is 14.4. The molecule has 3 unspecified atom stereocenters. The van der Waals surface area contributed by atoms with Gasteiger partial charge in [-0.2, -0.15) is 0 Å². The van der Waals surface area contributed by atoms with Crippen molar-refractivity contribution in [3.63, 3.8) is 0 Å². The largest absolute Gasteiger partial charge is 0.343 e. The van der Waals surface area contributed by atoms with Crippen LogP contribution in [-0.4, -0.2) is 45.0 Å². The molecule has 0 amide bonds. The zero-order valence-electron chi connectivity index (χ0n) is 10.8. The lowest BCUT2D eigenvalue weighted by Crippen LogP contribution is -2.37. The summed E-state index contributed by atoms with van der Waals surface area (Å²) in [6, 6.07) is 7.02. The van der Waals surface area contributed by atoms with Crippen molar-refractivity contribution in [3.8, 4) is 11.4 Å². The average Bonchev–Trinajstić information content (AvgIpc) is 3.12. The summed E-state index contributed by atoms with van der Waals surface area (Å²) in [6.07, 6.45) is -0.665. The van der Waals surface area contributed by atoms with E-state index in [2.05, 4.69) is 15.5 Å². The molecule has 8 heteroatoms. The summed E-state index contributed by atoms with van der Waals surface area (Å²) < 4.78 is 12.5. The number of rotatable bonds is 2. The molecule has 7 nitrogen and oxygen atoms in total. The number of carbonyl (C=O) groups is 1. The summed E-state index contributed by atoms with van der Waals surface area (Å²) in [5.41, 5.74) is 0.720. The van der Waals surface area contributed by atoms with Crippen LogP contribution in [-0.2, 0) is 14.3 Å². The van der Waals surface area contributed by atoms with E-state index in [9.17, 15) is 4.79 Å². The van der Waals surface area contributed by atoms with Crippen molar-refractivity contribution in [3.05, 3.63) is 29.3 Å². The molecule has 1 aromatic heterocycles. The standard InChI is InChI=1S/C13H11ClN4O3/c14-8-4-2-1-3-7(8)12-15-16-17-18(12)9-5-10(19)13-20-6-11(9)21-13/h1-4,9,11,13H,5-6H2. The lowest BCUT2D eigenvalue weighted by atomic mass is 10.0. The second-order valence-electron chi connectivity index (χ2n) is 5.00. The average molecular weight is 307 g/mol. The van der Waals surface area contributed by atoms with E-state index in [0.717, 1.165) is 5.56 Å². The Bertz CT molecular complexity index is 704. The number of hydrogen-bond donors (Lipinski definition) is 0. The molecule has 1 aromatic carbocycles. The highest BCUT2D eigenvalue weighted by Crippen LogP contribution is 2.35. The zero-order valence-corrected chi connectivity index (χ0v) is 11.6. The first-order valence-corrected chi connectivity index (χ1v) is 6.94. The smallest absolute Gasteiger partial charge is 0.218 e. The quantitative estimate of drug-likeness (QED) is 0.831. The number of tetrazole rings is 1. The first-order chi connectivity index (χ1) is 10.2. The van der Waals surface area contributed by atoms with Gasteiger partial charge in [0.25, 0.3) is 0 Å². The van der Waals surface area contributed by atoms with Crippen molar-refractivity contribution in [1.29, 1.82) is 0 Å². The van der Waals surface area contributed by atoms with Crippen molar-refractivity contribution in [2.75, 3.05) is 6.61 Å². The Hall–Kier alpha value is -1.83. The van der Waals surface area contributed by atoms with Crippen LogP contribution in [0.2, 0.25) is 5.02 Å². The SMILES string of the molecule is O=C1CC(n2nnnc2-c2ccccc2Cl)C2COC1O2. The highest BCUT2D eigenvalue weighted by Gasteiger charge is 2.45. The molecule has 2 saturated heterocycles. The minimum absolute atomic E-state index is 0.0886. The fraction of sp³-hybridized carbons (Fsp3) is 0.385. The fourth-order valence-electron chi connectivity index (χ4n) is 2.70. The summed E-state index contributed by atoms with van der Waals surface area (Å²) in [5, 5.41) is 12.3. The monoisotopic (exact) mass is 306 g/mol. The number of halogens is 1. The Morgan fingerprint density at radius 1 is 1.33 bits per heavy atom. The third-order valence-corrected chi connectivity index (χ3v) is 4.06. The van der Waals surface area contributed by atoms with E-state index in [1.807, 2.05) is 18.2 Å². The maximum Gasteiger partial charge on any atom is 0.218 e. The summed E-state index contributed by atoms with van der Waals surface area (Å²) in [7, 11) is 0. The second kappa shape index (κ2) is 4.87. The number of benzene rings is 1. The number of aromatic nitrogens is 4. The molecule has 4 rings (SSSR count). The molecule has 0 spiro atoms. The van der Waals surface area contributed by atoms with Crippen molar-refractivity contribution in [1.82, 2.24) is 20.2 Å². The number of nitrogens with zero attached hydrogens (tertiary/aromatic N) is 4. The number of fused-ring (bicyclic) bond motifs is 2. The third-order valence-electron chi connectivity index (χ3n) is 3.73. The summed E-state index contributed by atoms with van der Waals surface area (Å²) in [5.74, 6) is 0.432. The topological polar surface area (TPSA) is 79.1 Å². The predicted molar refractivity (Wildman–Crippen MR) is 71.5 cm³/mol. The van der Waals surface area contributed by atoms with Crippen LogP contribution in [0.3, 0.4) is 0 Å². The summed E-state index contributed by atoms with van der Waals surface area (Å²) >= 11 is 6.20. The van der Waals surface area contributed by atoms with Crippen LogP contribution < -0.4 is 0 Å². The normalized spacial score (nSPS) is 28.0. The molecule has 0 N–H and O–H groups in total. The third kappa shape index (κ3) is 2.05. The second-order valence-corrected chi connectivity index (χ2v) is 5.41. The van der Waals surface area contributed by atoms with Gasteiger partial charge in [-0.15, -0.1) is 5.10 Å². The van der Waals surface area contributed by atoms with Gasteiger partial charge < -0.3 is 9.47 Å². The van der Waals surface area contributed by atoms with Crippen LogP contribution in [0.15, 0.2) is 24.3 Å². The van der Waals surface area contributed by atoms with Gasteiger partial charge in [-0.1, -0.05) is 23.7 Å². The number of ketones is 1. The molecule has 21 heavy (non-hydrogen) atoms. The van der Waals surface area contributed by atoms with Crippen LogP contribution in [0, 0.1) is 0 Å². The van der Waals surface area contributed by atoms with Gasteiger partial charge in [-0.3, -0.25) is 4.79 Å². The van der Waals surface area contributed by atoms with Crippen LogP contribution in [0.1, 0.15) is 12.5 Å². The van der Waals surface area contributed by atoms with Crippen molar-refractivity contribution in [2.45, 2.75) is 24.9 Å². The fourth-order valence-corrected chi connectivity index (χ4v) is 2.93. The maximum absolute atomic E-state index is 11.9. The van der Waals surface area contributed by atoms with Gasteiger partial charge in [-0.05, 0) is 22.6 Å². The highest BCUT2D eigenvalue weighted by molar-refractivity contribution is 6.33. The molecule has 2 aromatic rings. The van der Waals surface area contributed by atoms with Crippen molar-refractivity contribution >= 4 is 17.4 Å². The first kappa shape index (κ1) is 12.9.